The van der Waals surface area contributed by atoms with E-state index in [4.69, 9.17) is 4.74 Å². The number of methoxy groups -OCH3 is 1. The van der Waals surface area contributed by atoms with Gasteiger partial charge in [0.15, 0.2) is 5.78 Å². The summed E-state index contributed by atoms with van der Waals surface area (Å²) in [7, 11) is 1.39. The molecule has 1 aromatic rings. The highest BCUT2D eigenvalue weighted by atomic mass is 16.5. The number of Topliss-reactive ketones (excluding diaryl/α,β-unsaturated/α-hetero) is 1. The molecule has 3 heteroatoms. The maximum absolute atomic E-state index is 12.8. The molecule has 4 bridgehead atoms. The fourth-order valence-corrected chi connectivity index (χ4v) is 5.13. The molecular weight excluding hydrogens is 252 g/mol. The Bertz CT molecular complexity index is 594. The second-order valence-electron chi connectivity index (χ2n) is 6.53. The average Bonchev–Trinajstić information content (AvgIpc) is 2.48. The van der Waals surface area contributed by atoms with Crippen molar-refractivity contribution < 1.29 is 14.3 Å². The molecule has 0 saturated heterocycles. The first-order valence-electron chi connectivity index (χ1n) is 7.33. The molecule has 6 rings (SSSR count). The molecule has 0 aliphatic heterocycles. The Kier molecular flexibility index (Phi) is 2.25. The Morgan fingerprint density at radius 1 is 1.25 bits per heavy atom. The summed E-state index contributed by atoms with van der Waals surface area (Å²) < 4.78 is 4.93. The molecule has 0 spiro atoms. The van der Waals surface area contributed by atoms with Gasteiger partial charge in [0.05, 0.1) is 7.11 Å². The summed E-state index contributed by atoms with van der Waals surface area (Å²) in [6, 6.07) is 10.4. The smallest absolute Gasteiger partial charge is 0.319 e. The van der Waals surface area contributed by atoms with Crippen LogP contribution in [-0.4, -0.2) is 18.9 Å². The number of carbonyl (C=O) groups is 2. The standard InChI is InChI=1S/C17H18O3/c1-20-15(19)16-7-8-17(11-5-3-2-4-6-11)12(10-16)9-13(17)14(16)18/h2-6,12-13H,7-10H2,1H3/t12-,13+,16+,17-/m1/s1. The molecule has 3 nitrogen and oxygen atoms in total. The number of carbonyl (C=O) groups excluding carboxylic acids is 2. The van der Waals surface area contributed by atoms with E-state index in [2.05, 4.69) is 12.1 Å². The van der Waals surface area contributed by atoms with Crippen molar-refractivity contribution in [3.05, 3.63) is 35.9 Å². The van der Waals surface area contributed by atoms with Crippen molar-refractivity contribution in [2.75, 3.05) is 7.11 Å². The number of fused-ring (bicyclic) bond motifs is 1. The van der Waals surface area contributed by atoms with E-state index in [-0.39, 0.29) is 23.1 Å². The van der Waals surface area contributed by atoms with Gasteiger partial charge in [0, 0.05) is 11.3 Å². The van der Waals surface area contributed by atoms with E-state index < -0.39 is 5.41 Å². The Balaban J connectivity index is 1.78. The Morgan fingerprint density at radius 3 is 2.60 bits per heavy atom. The van der Waals surface area contributed by atoms with E-state index in [0.717, 1.165) is 12.8 Å². The molecule has 0 amide bonds. The summed E-state index contributed by atoms with van der Waals surface area (Å²) in [4.78, 5) is 24.9. The lowest BCUT2D eigenvalue weighted by atomic mass is 9.34. The summed E-state index contributed by atoms with van der Waals surface area (Å²) >= 11 is 0. The second-order valence-corrected chi connectivity index (χ2v) is 6.53. The van der Waals surface area contributed by atoms with E-state index >= 15 is 0 Å². The summed E-state index contributed by atoms with van der Waals surface area (Å²) in [5, 5.41) is 0. The largest absolute Gasteiger partial charge is 0.468 e. The first-order chi connectivity index (χ1) is 9.65. The van der Waals surface area contributed by atoms with Gasteiger partial charge >= 0.3 is 5.97 Å². The molecule has 4 atom stereocenters. The Labute approximate surface area is 118 Å². The van der Waals surface area contributed by atoms with Crippen LogP contribution in [-0.2, 0) is 19.7 Å². The molecule has 5 fully saturated rings. The van der Waals surface area contributed by atoms with E-state index in [0.29, 0.717) is 18.8 Å². The molecule has 0 heterocycles. The SMILES string of the molecule is COC(=O)[C@]12CC[C@@]3(c4ccccc4)[C@H](C[C@H]3C1=O)C2. The third-order valence-electron chi connectivity index (χ3n) is 6.11. The van der Waals surface area contributed by atoms with Crippen molar-refractivity contribution in [2.45, 2.75) is 31.1 Å². The van der Waals surface area contributed by atoms with Gasteiger partial charge in [-0.25, -0.2) is 0 Å². The van der Waals surface area contributed by atoms with E-state index in [1.165, 1.54) is 12.7 Å². The van der Waals surface area contributed by atoms with Gasteiger partial charge in [-0.05, 0) is 37.2 Å². The zero-order valence-electron chi connectivity index (χ0n) is 11.6. The fourth-order valence-electron chi connectivity index (χ4n) is 5.13. The Hall–Kier alpha value is -1.64. The zero-order valence-corrected chi connectivity index (χ0v) is 11.6. The molecule has 5 aliphatic rings. The maximum atomic E-state index is 12.8. The molecule has 0 unspecified atom stereocenters. The molecule has 20 heavy (non-hydrogen) atoms. The van der Waals surface area contributed by atoms with Crippen LogP contribution in [0.1, 0.15) is 31.2 Å². The molecule has 5 aliphatic carbocycles. The highest BCUT2D eigenvalue weighted by Gasteiger charge is 2.73. The number of esters is 1. The van der Waals surface area contributed by atoms with Crippen LogP contribution in [0.5, 0.6) is 0 Å². The van der Waals surface area contributed by atoms with Crippen LogP contribution in [0.4, 0.5) is 0 Å². The summed E-state index contributed by atoms with van der Waals surface area (Å²) in [5.74, 6) is 0.317. The molecule has 5 saturated carbocycles. The van der Waals surface area contributed by atoms with Gasteiger partial charge in [0.2, 0.25) is 0 Å². The molecule has 1 aromatic carbocycles. The van der Waals surface area contributed by atoms with E-state index in [1.807, 2.05) is 18.2 Å². The summed E-state index contributed by atoms with van der Waals surface area (Å²) in [6.07, 6.45) is 3.23. The quantitative estimate of drug-likeness (QED) is 0.612. The zero-order chi connectivity index (χ0) is 14.0. The van der Waals surface area contributed by atoms with Crippen molar-refractivity contribution in [2.24, 2.45) is 17.3 Å². The van der Waals surface area contributed by atoms with Crippen molar-refractivity contribution in [1.29, 1.82) is 0 Å². The third kappa shape index (κ3) is 1.13. The summed E-state index contributed by atoms with van der Waals surface area (Å²) in [6.45, 7) is 0. The molecule has 0 aromatic heterocycles. The summed E-state index contributed by atoms with van der Waals surface area (Å²) in [5.41, 5.74) is 0.472. The molecule has 104 valence electrons. The molecule has 0 N–H and O–H groups in total. The number of hydrogen-bond donors (Lipinski definition) is 0. The van der Waals surface area contributed by atoms with Crippen LogP contribution in [0.25, 0.3) is 0 Å². The average molecular weight is 270 g/mol. The number of ether oxygens (including phenoxy) is 1. The van der Waals surface area contributed by atoms with Gasteiger partial charge in [-0.15, -0.1) is 0 Å². The van der Waals surface area contributed by atoms with E-state index in [9.17, 15) is 9.59 Å². The van der Waals surface area contributed by atoms with Gasteiger partial charge < -0.3 is 4.74 Å². The van der Waals surface area contributed by atoms with Crippen molar-refractivity contribution >= 4 is 11.8 Å². The van der Waals surface area contributed by atoms with Crippen LogP contribution in [0.15, 0.2) is 30.3 Å². The third-order valence-corrected chi connectivity index (χ3v) is 6.11. The molecule has 0 radical (unpaired) electrons. The van der Waals surface area contributed by atoms with Gasteiger partial charge in [-0.1, -0.05) is 30.3 Å². The first kappa shape index (κ1) is 12.1. The number of ketones is 1. The minimum absolute atomic E-state index is 0.00805. The van der Waals surface area contributed by atoms with Crippen LogP contribution < -0.4 is 0 Å². The lowest BCUT2D eigenvalue weighted by Crippen LogP contribution is -2.71. The van der Waals surface area contributed by atoms with Gasteiger partial charge in [0.25, 0.3) is 0 Å². The maximum Gasteiger partial charge on any atom is 0.319 e. The lowest BCUT2D eigenvalue weighted by Gasteiger charge is -2.67. The van der Waals surface area contributed by atoms with Gasteiger partial charge in [0.1, 0.15) is 5.41 Å². The highest BCUT2D eigenvalue weighted by molar-refractivity contribution is 6.08. The van der Waals surface area contributed by atoms with Crippen molar-refractivity contribution in [3.8, 4) is 0 Å². The number of rotatable bonds is 2. The van der Waals surface area contributed by atoms with E-state index in [1.54, 1.807) is 0 Å². The number of hydrogen-bond acceptors (Lipinski definition) is 3. The fraction of sp³-hybridized carbons (Fsp3) is 0.529. The minimum atomic E-state index is -0.821. The number of benzene rings is 1. The van der Waals surface area contributed by atoms with Crippen LogP contribution >= 0.6 is 0 Å². The first-order valence-corrected chi connectivity index (χ1v) is 7.33. The minimum Gasteiger partial charge on any atom is -0.468 e. The predicted molar refractivity (Wildman–Crippen MR) is 73.0 cm³/mol. The predicted octanol–water partition coefficient (Wildman–Crippen LogP) is 2.49. The van der Waals surface area contributed by atoms with Gasteiger partial charge in [-0.3, -0.25) is 9.59 Å². The van der Waals surface area contributed by atoms with Crippen LogP contribution in [0.3, 0.4) is 0 Å². The van der Waals surface area contributed by atoms with Crippen molar-refractivity contribution in [3.63, 3.8) is 0 Å². The molecular formula is C17H18O3. The lowest BCUT2D eigenvalue weighted by molar-refractivity contribution is -0.192. The van der Waals surface area contributed by atoms with Crippen molar-refractivity contribution in [1.82, 2.24) is 0 Å². The second kappa shape index (κ2) is 3.72. The normalized spacial score (nSPS) is 41.1. The van der Waals surface area contributed by atoms with Gasteiger partial charge in [-0.2, -0.15) is 0 Å². The van der Waals surface area contributed by atoms with Crippen LogP contribution in [0, 0.1) is 17.3 Å². The van der Waals surface area contributed by atoms with Crippen LogP contribution in [0.2, 0.25) is 0 Å². The monoisotopic (exact) mass is 270 g/mol. The topological polar surface area (TPSA) is 43.4 Å². The highest BCUT2D eigenvalue weighted by Crippen LogP contribution is 2.70. The Morgan fingerprint density at radius 2 is 2.00 bits per heavy atom.